The highest BCUT2D eigenvalue weighted by Gasteiger charge is 2.12. The van der Waals surface area contributed by atoms with E-state index in [1.807, 2.05) is 24.3 Å². The Kier molecular flexibility index (Phi) is 6.88. The summed E-state index contributed by atoms with van der Waals surface area (Å²) < 4.78 is 5.75. The summed E-state index contributed by atoms with van der Waals surface area (Å²) in [5, 5.41) is 7.30. The first kappa shape index (κ1) is 22.8. The summed E-state index contributed by atoms with van der Waals surface area (Å²) in [6.07, 6.45) is 0.474. The van der Waals surface area contributed by atoms with Gasteiger partial charge in [0.15, 0.2) is 16.6 Å². The van der Waals surface area contributed by atoms with Gasteiger partial charge in [0.1, 0.15) is 5.52 Å². The minimum absolute atomic E-state index is 0.152. The molecular formula is C22H13Cl4N3O2S. The van der Waals surface area contributed by atoms with Crippen LogP contribution in [0.1, 0.15) is 21.8 Å². The molecule has 0 unspecified atom stereocenters. The van der Waals surface area contributed by atoms with E-state index in [1.54, 1.807) is 24.3 Å². The molecule has 162 valence electrons. The minimum atomic E-state index is -0.396. The fraction of sp³-hybridized carbons (Fsp3) is 0.0455. The largest absolute Gasteiger partial charge is 0.439 e. The summed E-state index contributed by atoms with van der Waals surface area (Å²) in [6, 6.07) is 15.4. The van der Waals surface area contributed by atoms with E-state index in [1.165, 1.54) is 6.07 Å². The number of aromatic nitrogens is 1. The van der Waals surface area contributed by atoms with E-state index in [4.69, 9.17) is 63.0 Å². The smallest absolute Gasteiger partial charge is 0.257 e. The third kappa shape index (κ3) is 5.34. The molecule has 0 saturated heterocycles. The van der Waals surface area contributed by atoms with E-state index >= 15 is 0 Å². The Hall–Kier alpha value is -2.35. The van der Waals surface area contributed by atoms with E-state index < -0.39 is 5.91 Å². The molecule has 1 heterocycles. The topological polar surface area (TPSA) is 67.2 Å². The summed E-state index contributed by atoms with van der Waals surface area (Å²) >= 11 is 29.2. The molecule has 10 heteroatoms. The molecule has 1 amide bonds. The van der Waals surface area contributed by atoms with Gasteiger partial charge in [0, 0.05) is 22.7 Å². The number of fused-ring (bicyclic) bond motifs is 1. The zero-order valence-corrected chi connectivity index (χ0v) is 19.9. The number of benzene rings is 3. The van der Waals surface area contributed by atoms with Gasteiger partial charge in [-0.3, -0.25) is 10.1 Å². The van der Waals surface area contributed by atoms with Crippen molar-refractivity contribution in [3.05, 3.63) is 91.7 Å². The lowest BCUT2D eigenvalue weighted by molar-refractivity contribution is 0.0977. The van der Waals surface area contributed by atoms with Crippen molar-refractivity contribution in [3.8, 4) is 0 Å². The lowest BCUT2D eigenvalue weighted by Gasteiger charge is -2.10. The molecule has 4 aromatic rings. The van der Waals surface area contributed by atoms with E-state index in [-0.39, 0.29) is 10.1 Å². The van der Waals surface area contributed by atoms with Gasteiger partial charge < -0.3 is 9.73 Å². The van der Waals surface area contributed by atoms with Crippen LogP contribution in [-0.4, -0.2) is 16.0 Å². The van der Waals surface area contributed by atoms with Crippen molar-refractivity contribution in [2.45, 2.75) is 6.42 Å². The maximum atomic E-state index is 12.3. The van der Waals surface area contributed by atoms with Gasteiger partial charge in [0.2, 0.25) is 0 Å². The number of carbonyl (C=O) groups is 1. The average Bonchev–Trinajstić information content (AvgIpc) is 3.14. The number of rotatable bonds is 4. The molecule has 0 aliphatic heterocycles. The number of hydrogen-bond donors (Lipinski definition) is 2. The number of hydrogen-bond acceptors (Lipinski definition) is 4. The molecule has 0 aliphatic carbocycles. The van der Waals surface area contributed by atoms with E-state index in [9.17, 15) is 4.79 Å². The predicted molar refractivity (Wildman–Crippen MR) is 133 cm³/mol. The first-order chi connectivity index (χ1) is 15.3. The lowest BCUT2D eigenvalue weighted by Crippen LogP contribution is -2.34. The Bertz CT molecular complexity index is 1340. The highest BCUT2D eigenvalue weighted by atomic mass is 35.5. The maximum Gasteiger partial charge on any atom is 0.257 e. The summed E-state index contributed by atoms with van der Waals surface area (Å²) in [6.45, 7) is 0. The van der Waals surface area contributed by atoms with Crippen LogP contribution in [0, 0.1) is 0 Å². The minimum Gasteiger partial charge on any atom is -0.439 e. The van der Waals surface area contributed by atoms with Gasteiger partial charge in [0.25, 0.3) is 5.91 Å². The molecule has 3 aromatic carbocycles. The summed E-state index contributed by atoms with van der Waals surface area (Å²) in [7, 11) is 0. The summed E-state index contributed by atoms with van der Waals surface area (Å²) in [5.74, 6) is 0.127. The monoisotopic (exact) mass is 523 g/mol. The predicted octanol–water partition coefficient (Wildman–Crippen LogP) is 7.16. The van der Waals surface area contributed by atoms with Crippen LogP contribution in [0.3, 0.4) is 0 Å². The first-order valence-electron chi connectivity index (χ1n) is 9.19. The van der Waals surface area contributed by atoms with Crippen LogP contribution in [0.5, 0.6) is 0 Å². The van der Waals surface area contributed by atoms with Crippen LogP contribution in [0.25, 0.3) is 11.1 Å². The van der Waals surface area contributed by atoms with Gasteiger partial charge in [-0.15, -0.1) is 0 Å². The molecule has 2 N–H and O–H groups in total. The number of nitrogens with zero attached hydrogens (tertiary/aromatic N) is 1. The van der Waals surface area contributed by atoms with Gasteiger partial charge in [0.05, 0.1) is 15.1 Å². The first-order valence-corrected chi connectivity index (χ1v) is 11.1. The molecular weight excluding hydrogens is 512 g/mol. The van der Waals surface area contributed by atoms with E-state index in [0.29, 0.717) is 49.7 Å². The third-order valence-electron chi connectivity index (χ3n) is 4.43. The maximum absolute atomic E-state index is 12.3. The molecule has 0 saturated carbocycles. The normalized spacial score (nSPS) is 10.9. The number of anilines is 1. The lowest BCUT2D eigenvalue weighted by atomic mass is 10.1. The Labute approximate surface area is 208 Å². The van der Waals surface area contributed by atoms with Crippen LogP contribution >= 0.6 is 58.6 Å². The van der Waals surface area contributed by atoms with Crippen molar-refractivity contribution in [1.82, 2.24) is 10.3 Å². The van der Waals surface area contributed by atoms with Crippen LogP contribution in [-0.2, 0) is 6.42 Å². The quantitative estimate of drug-likeness (QED) is 0.277. The highest BCUT2D eigenvalue weighted by molar-refractivity contribution is 7.80. The molecule has 0 radical (unpaired) electrons. The van der Waals surface area contributed by atoms with Crippen LogP contribution in [0.2, 0.25) is 20.1 Å². The Morgan fingerprint density at radius 3 is 2.41 bits per heavy atom. The van der Waals surface area contributed by atoms with Gasteiger partial charge in [-0.05, 0) is 60.2 Å². The molecule has 0 aliphatic rings. The zero-order valence-electron chi connectivity index (χ0n) is 16.1. The molecule has 1 aromatic heterocycles. The van der Waals surface area contributed by atoms with Crippen molar-refractivity contribution < 1.29 is 9.21 Å². The number of nitrogens with one attached hydrogen (secondary N) is 2. The molecule has 4 rings (SSSR count). The van der Waals surface area contributed by atoms with Gasteiger partial charge >= 0.3 is 0 Å². The van der Waals surface area contributed by atoms with Gasteiger partial charge in [-0.2, -0.15) is 0 Å². The number of carbonyl (C=O) groups excluding carboxylic acids is 1. The Morgan fingerprint density at radius 2 is 1.69 bits per heavy atom. The van der Waals surface area contributed by atoms with Crippen molar-refractivity contribution in [2.75, 3.05) is 5.32 Å². The molecule has 32 heavy (non-hydrogen) atoms. The fourth-order valence-electron chi connectivity index (χ4n) is 2.94. The number of halogens is 4. The second-order valence-electron chi connectivity index (χ2n) is 6.75. The van der Waals surface area contributed by atoms with Crippen LogP contribution in [0.4, 0.5) is 5.69 Å². The van der Waals surface area contributed by atoms with Crippen molar-refractivity contribution >= 4 is 86.4 Å². The van der Waals surface area contributed by atoms with Crippen molar-refractivity contribution in [3.63, 3.8) is 0 Å². The number of thiocarbonyl (C=S) groups is 1. The number of oxazole rings is 1. The standard InChI is InChI=1S/C22H13Cl4N3O2S/c23-13-9-17(26)20-18(10-13)28-19(31-20)7-11-1-4-14(5-2-11)27-22(32)29-21(30)12-3-6-15(24)16(25)8-12/h1-6,8-10H,7H2,(H2,27,29,30,32). The van der Waals surface area contributed by atoms with Crippen molar-refractivity contribution in [1.29, 1.82) is 0 Å². The second-order valence-corrected chi connectivity index (χ2v) is 8.82. The van der Waals surface area contributed by atoms with Crippen LogP contribution in [0.15, 0.2) is 59.0 Å². The van der Waals surface area contributed by atoms with Crippen LogP contribution < -0.4 is 10.6 Å². The summed E-state index contributed by atoms with van der Waals surface area (Å²) in [4.78, 5) is 16.7. The average molecular weight is 525 g/mol. The second kappa shape index (κ2) is 9.65. The zero-order chi connectivity index (χ0) is 22.8. The van der Waals surface area contributed by atoms with E-state index in [2.05, 4.69) is 15.6 Å². The highest BCUT2D eigenvalue weighted by Crippen LogP contribution is 2.29. The fourth-order valence-corrected chi connectivity index (χ4v) is 3.97. The van der Waals surface area contributed by atoms with Gasteiger partial charge in [-0.1, -0.05) is 58.5 Å². The van der Waals surface area contributed by atoms with Crippen molar-refractivity contribution in [2.24, 2.45) is 0 Å². The molecule has 5 nitrogen and oxygen atoms in total. The van der Waals surface area contributed by atoms with Gasteiger partial charge in [-0.25, -0.2) is 4.98 Å². The Morgan fingerprint density at radius 1 is 0.938 bits per heavy atom. The SMILES string of the molecule is O=C(NC(=S)Nc1ccc(Cc2nc3cc(Cl)cc(Cl)c3o2)cc1)c1ccc(Cl)c(Cl)c1. The molecule has 0 spiro atoms. The molecule has 0 fully saturated rings. The Balaban J connectivity index is 1.38. The molecule has 0 atom stereocenters. The molecule has 0 bridgehead atoms. The summed E-state index contributed by atoms with van der Waals surface area (Å²) in [5.41, 5.74) is 3.14. The number of amides is 1. The van der Waals surface area contributed by atoms with E-state index in [0.717, 1.165) is 5.56 Å². The third-order valence-corrected chi connectivity index (χ3v) is 5.87.